The summed E-state index contributed by atoms with van der Waals surface area (Å²) in [7, 11) is 0. The number of carbonyl (C=O) groups is 1. The zero-order valence-corrected chi connectivity index (χ0v) is 12.5. The van der Waals surface area contributed by atoms with Crippen molar-refractivity contribution in [1.82, 2.24) is 14.8 Å². The van der Waals surface area contributed by atoms with Crippen molar-refractivity contribution in [3.05, 3.63) is 16.4 Å². The highest BCUT2D eigenvalue weighted by Crippen LogP contribution is 2.38. The molecule has 1 unspecified atom stereocenters. The monoisotopic (exact) mass is 368 g/mol. The predicted molar refractivity (Wildman–Crippen MR) is 70.2 cm³/mol. The molecule has 0 aromatic carbocycles. The van der Waals surface area contributed by atoms with E-state index in [1.165, 1.54) is 4.68 Å². The van der Waals surface area contributed by atoms with Gasteiger partial charge in [0.05, 0.1) is 10.2 Å². The first-order chi connectivity index (χ1) is 9.65. The van der Waals surface area contributed by atoms with E-state index in [2.05, 4.69) is 26.1 Å². The highest BCUT2D eigenvalue weighted by molar-refractivity contribution is 9.10. The highest BCUT2D eigenvalue weighted by atomic mass is 79.9. The predicted octanol–water partition coefficient (Wildman–Crippen LogP) is 1.81. The summed E-state index contributed by atoms with van der Waals surface area (Å²) < 4.78 is 40.7. The Bertz CT molecular complexity index is 567. The molecular formula is C11H12BrF3N4O2. The van der Waals surface area contributed by atoms with Crippen molar-refractivity contribution in [3.63, 3.8) is 0 Å². The first-order valence-corrected chi connectivity index (χ1v) is 6.78. The summed E-state index contributed by atoms with van der Waals surface area (Å²) >= 11 is 3.24. The molecule has 2 rings (SSSR count). The van der Waals surface area contributed by atoms with Gasteiger partial charge in [-0.05, 0) is 22.9 Å². The molecule has 0 radical (unpaired) electrons. The summed E-state index contributed by atoms with van der Waals surface area (Å²) in [6.45, 7) is 1.83. The number of hydrogen-bond donors (Lipinski definition) is 1. The van der Waals surface area contributed by atoms with Crippen LogP contribution in [-0.2, 0) is 11.3 Å². The molecule has 6 nitrogen and oxygen atoms in total. The van der Waals surface area contributed by atoms with Crippen LogP contribution in [0.4, 0.5) is 13.2 Å². The number of amides is 1. The maximum absolute atomic E-state index is 12.8. The second kappa shape index (κ2) is 5.41. The van der Waals surface area contributed by atoms with Gasteiger partial charge in [0.25, 0.3) is 5.72 Å². The summed E-state index contributed by atoms with van der Waals surface area (Å²) in [5, 5.41) is 17.1. The topological polar surface area (TPSA) is 70.7 Å². The number of aromatic nitrogens is 2. The molecule has 2 heterocycles. The van der Waals surface area contributed by atoms with Crippen molar-refractivity contribution in [1.29, 1.82) is 0 Å². The molecular weight excluding hydrogens is 357 g/mol. The molecule has 10 heteroatoms. The summed E-state index contributed by atoms with van der Waals surface area (Å²) in [6.07, 6.45) is -3.51. The quantitative estimate of drug-likeness (QED) is 0.884. The molecule has 0 bridgehead atoms. The van der Waals surface area contributed by atoms with Crippen molar-refractivity contribution < 1.29 is 23.1 Å². The fraction of sp³-hybridized carbons (Fsp3) is 0.545. The zero-order valence-electron chi connectivity index (χ0n) is 10.9. The summed E-state index contributed by atoms with van der Waals surface area (Å²) in [4.78, 5) is 11.9. The lowest BCUT2D eigenvalue weighted by molar-refractivity contribution is -0.302. The van der Waals surface area contributed by atoms with E-state index in [4.69, 9.17) is 0 Å². The number of aryl methyl sites for hydroxylation is 2. The summed E-state index contributed by atoms with van der Waals surface area (Å²) in [5.74, 6) is -0.923. The van der Waals surface area contributed by atoms with Gasteiger partial charge in [-0.15, -0.1) is 0 Å². The normalized spacial score (nSPS) is 22.1. The standard InChI is InChI=1S/C11H12BrF3N4O2/c1-7-8(12)6-18(17-7)5-2-9(20)19-10(21,3-4-16-19)11(13,14)15/h4,6,21H,2-3,5H2,1H3. The average molecular weight is 369 g/mol. The fourth-order valence-electron chi connectivity index (χ4n) is 1.86. The molecule has 0 fully saturated rings. The number of nitrogens with zero attached hydrogens (tertiary/aromatic N) is 4. The Morgan fingerprint density at radius 2 is 2.24 bits per heavy atom. The lowest BCUT2D eigenvalue weighted by atomic mass is 10.1. The Hall–Kier alpha value is -1.42. The number of carbonyl (C=O) groups excluding carboxylic acids is 1. The second-order valence-corrected chi connectivity index (χ2v) is 5.45. The van der Waals surface area contributed by atoms with Crippen LogP contribution in [0.3, 0.4) is 0 Å². The third-order valence-corrected chi connectivity index (χ3v) is 3.83. The van der Waals surface area contributed by atoms with Crippen LogP contribution in [0, 0.1) is 6.92 Å². The van der Waals surface area contributed by atoms with E-state index in [0.29, 0.717) is 5.69 Å². The third kappa shape index (κ3) is 2.95. The first kappa shape index (κ1) is 16.0. The van der Waals surface area contributed by atoms with Gasteiger partial charge < -0.3 is 5.11 Å². The first-order valence-electron chi connectivity index (χ1n) is 5.99. The van der Waals surface area contributed by atoms with Crippen molar-refractivity contribution >= 4 is 28.1 Å². The molecule has 0 saturated carbocycles. The maximum Gasteiger partial charge on any atom is 0.438 e. The molecule has 21 heavy (non-hydrogen) atoms. The summed E-state index contributed by atoms with van der Waals surface area (Å²) in [6, 6.07) is 0. The Balaban J connectivity index is 2.04. The fourth-order valence-corrected chi connectivity index (χ4v) is 2.18. The Morgan fingerprint density at radius 3 is 2.76 bits per heavy atom. The minimum atomic E-state index is -4.97. The van der Waals surface area contributed by atoms with Crippen LogP contribution >= 0.6 is 15.9 Å². The van der Waals surface area contributed by atoms with Gasteiger partial charge in [0.1, 0.15) is 0 Å². The van der Waals surface area contributed by atoms with E-state index in [0.717, 1.165) is 10.7 Å². The lowest BCUT2D eigenvalue weighted by Crippen LogP contribution is -2.56. The van der Waals surface area contributed by atoms with E-state index in [-0.39, 0.29) is 18.0 Å². The van der Waals surface area contributed by atoms with Gasteiger partial charge in [-0.1, -0.05) is 0 Å². The second-order valence-electron chi connectivity index (χ2n) is 4.60. The van der Waals surface area contributed by atoms with E-state index in [1.807, 2.05) is 0 Å². The van der Waals surface area contributed by atoms with Crippen LogP contribution in [0.1, 0.15) is 18.5 Å². The number of hydrazone groups is 1. The Labute approximate surface area is 126 Å². The van der Waals surface area contributed by atoms with Crippen LogP contribution in [0.2, 0.25) is 0 Å². The Kier molecular flexibility index (Phi) is 4.11. The molecule has 1 amide bonds. The summed E-state index contributed by atoms with van der Waals surface area (Å²) in [5.41, 5.74) is -2.56. The number of halogens is 4. The van der Waals surface area contributed by atoms with Crippen LogP contribution in [0.15, 0.2) is 15.8 Å². The largest absolute Gasteiger partial charge is 0.438 e. The Morgan fingerprint density at radius 1 is 1.57 bits per heavy atom. The molecule has 1 aromatic heterocycles. The van der Waals surface area contributed by atoms with Gasteiger partial charge in [-0.2, -0.15) is 28.4 Å². The molecule has 0 aliphatic carbocycles. The van der Waals surface area contributed by atoms with Gasteiger partial charge in [0.15, 0.2) is 0 Å². The number of rotatable bonds is 3. The number of aliphatic hydroxyl groups is 1. The van der Waals surface area contributed by atoms with Gasteiger partial charge >= 0.3 is 6.18 Å². The van der Waals surface area contributed by atoms with Gasteiger partial charge in [-0.3, -0.25) is 9.48 Å². The van der Waals surface area contributed by atoms with E-state index in [1.54, 1.807) is 13.1 Å². The smallest absolute Gasteiger partial charge is 0.362 e. The maximum atomic E-state index is 12.8. The minimum Gasteiger partial charge on any atom is -0.362 e. The lowest BCUT2D eigenvalue weighted by Gasteiger charge is -2.32. The molecule has 116 valence electrons. The van der Waals surface area contributed by atoms with Gasteiger partial charge in [-0.25, -0.2) is 0 Å². The molecule has 1 aliphatic rings. The van der Waals surface area contributed by atoms with Crippen LogP contribution < -0.4 is 0 Å². The number of alkyl halides is 3. The van der Waals surface area contributed by atoms with Crippen LogP contribution in [0.5, 0.6) is 0 Å². The van der Waals surface area contributed by atoms with Gasteiger partial charge in [0.2, 0.25) is 5.91 Å². The molecule has 1 N–H and O–H groups in total. The molecule has 1 aromatic rings. The molecule has 1 aliphatic heterocycles. The van der Waals surface area contributed by atoms with Crippen molar-refractivity contribution in [2.75, 3.05) is 0 Å². The van der Waals surface area contributed by atoms with Crippen molar-refractivity contribution in [3.8, 4) is 0 Å². The third-order valence-electron chi connectivity index (χ3n) is 3.05. The van der Waals surface area contributed by atoms with E-state index in [9.17, 15) is 23.1 Å². The highest BCUT2D eigenvalue weighted by Gasteiger charge is 2.61. The van der Waals surface area contributed by atoms with Crippen molar-refractivity contribution in [2.45, 2.75) is 38.2 Å². The number of hydrogen-bond acceptors (Lipinski definition) is 4. The van der Waals surface area contributed by atoms with Crippen LogP contribution in [-0.4, -0.2) is 43.9 Å². The molecule has 1 atom stereocenters. The minimum absolute atomic E-state index is 0.0885. The molecule has 0 spiro atoms. The van der Waals surface area contributed by atoms with Crippen molar-refractivity contribution in [2.24, 2.45) is 5.10 Å². The van der Waals surface area contributed by atoms with E-state index < -0.39 is 24.2 Å². The zero-order chi connectivity index (χ0) is 15.8. The SMILES string of the molecule is Cc1nn(CCC(=O)N2N=CCC2(O)C(F)(F)F)cc1Br. The van der Waals surface area contributed by atoms with Gasteiger partial charge in [0, 0.05) is 31.8 Å². The van der Waals surface area contributed by atoms with Crippen LogP contribution in [0.25, 0.3) is 0 Å². The molecule has 0 saturated heterocycles. The van der Waals surface area contributed by atoms with E-state index >= 15 is 0 Å². The average Bonchev–Trinajstić information content (AvgIpc) is 2.91.